The largest absolute Gasteiger partial charge is 0.281 e. The van der Waals surface area contributed by atoms with Crippen LogP contribution in [0.4, 0.5) is 0 Å². The van der Waals surface area contributed by atoms with Gasteiger partial charge in [-0.1, -0.05) is 23.8 Å². The van der Waals surface area contributed by atoms with Gasteiger partial charge in [-0.3, -0.25) is 0 Å². The third-order valence-corrected chi connectivity index (χ3v) is 4.39. The summed E-state index contributed by atoms with van der Waals surface area (Å²) in [7, 11) is -3.53. The molecule has 0 amide bonds. The van der Waals surface area contributed by atoms with E-state index in [4.69, 9.17) is 0 Å². The number of sulfonamides is 1. The van der Waals surface area contributed by atoms with Crippen molar-refractivity contribution >= 4 is 28.0 Å². The minimum atomic E-state index is -3.53. The third kappa shape index (κ3) is 5.06. The van der Waals surface area contributed by atoms with Crippen molar-refractivity contribution in [2.24, 2.45) is 4.40 Å². The quantitative estimate of drug-likeness (QED) is 0.439. The number of hydrogen-bond acceptors (Lipinski definition) is 3. The molecule has 1 rings (SSSR count). The monoisotopic (exact) mass is 283 g/mol. The van der Waals surface area contributed by atoms with Crippen LogP contribution in [0, 0.1) is 6.92 Å². The van der Waals surface area contributed by atoms with Crippen LogP contribution in [0.3, 0.4) is 0 Å². The highest BCUT2D eigenvalue weighted by Crippen LogP contribution is 2.12. The number of allylic oxidation sites excluding steroid dienone is 1. The van der Waals surface area contributed by atoms with Gasteiger partial charge < -0.3 is 0 Å². The molecule has 0 fully saturated rings. The van der Waals surface area contributed by atoms with Gasteiger partial charge in [0.25, 0.3) is 10.0 Å². The molecule has 0 aromatic heterocycles. The summed E-state index contributed by atoms with van der Waals surface area (Å²) < 4.78 is 27.3. The second-order valence-electron chi connectivity index (χ2n) is 3.73. The maximum Gasteiger partial charge on any atom is 0.281 e. The molecule has 18 heavy (non-hydrogen) atoms. The average Bonchev–Trinajstić information content (AvgIpc) is 2.34. The summed E-state index contributed by atoms with van der Waals surface area (Å²) in [4.78, 5) is 0.237. The van der Waals surface area contributed by atoms with Crippen LogP contribution in [0.25, 0.3) is 0 Å². The Morgan fingerprint density at radius 3 is 2.61 bits per heavy atom. The predicted octanol–water partition coefficient (Wildman–Crippen LogP) is 3.06. The van der Waals surface area contributed by atoms with Gasteiger partial charge >= 0.3 is 0 Å². The summed E-state index contributed by atoms with van der Waals surface area (Å²) >= 11 is 1.63. The first-order valence-corrected chi connectivity index (χ1v) is 8.20. The first-order valence-electron chi connectivity index (χ1n) is 5.60. The van der Waals surface area contributed by atoms with E-state index in [1.807, 2.05) is 13.0 Å². The van der Waals surface area contributed by atoms with E-state index in [-0.39, 0.29) is 4.90 Å². The second-order valence-corrected chi connectivity index (χ2v) is 6.51. The molecule has 0 heterocycles. The molecular formula is C13H17NO2S2. The SMILES string of the molecule is C=CCCSCC=NS(=O)(=O)c1ccc(C)cc1. The number of hydrogen-bond donors (Lipinski definition) is 0. The van der Waals surface area contributed by atoms with E-state index in [2.05, 4.69) is 11.0 Å². The summed E-state index contributed by atoms with van der Waals surface area (Å²) in [5.41, 5.74) is 1.03. The Hall–Kier alpha value is -1.07. The zero-order chi connectivity index (χ0) is 13.4. The highest BCUT2D eigenvalue weighted by molar-refractivity contribution is 7.99. The molecule has 0 saturated carbocycles. The van der Waals surface area contributed by atoms with E-state index in [9.17, 15) is 8.42 Å². The molecule has 5 heteroatoms. The van der Waals surface area contributed by atoms with Gasteiger partial charge in [0.15, 0.2) is 0 Å². The van der Waals surface area contributed by atoms with Crippen LogP contribution in [0.2, 0.25) is 0 Å². The lowest BCUT2D eigenvalue weighted by atomic mass is 10.2. The summed E-state index contributed by atoms with van der Waals surface area (Å²) in [6.07, 6.45) is 4.21. The van der Waals surface area contributed by atoms with E-state index in [0.29, 0.717) is 5.75 Å². The van der Waals surface area contributed by atoms with E-state index < -0.39 is 10.0 Å². The van der Waals surface area contributed by atoms with Crippen molar-refractivity contribution in [3.63, 3.8) is 0 Å². The zero-order valence-electron chi connectivity index (χ0n) is 10.4. The number of benzene rings is 1. The van der Waals surface area contributed by atoms with Crippen molar-refractivity contribution < 1.29 is 8.42 Å². The van der Waals surface area contributed by atoms with Gasteiger partial charge in [0.2, 0.25) is 0 Å². The fraction of sp³-hybridized carbons (Fsp3) is 0.308. The average molecular weight is 283 g/mol. The zero-order valence-corrected chi connectivity index (χ0v) is 12.0. The molecule has 0 aliphatic carbocycles. The van der Waals surface area contributed by atoms with Crippen molar-refractivity contribution in [3.8, 4) is 0 Å². The van der Waals surface area contributed by atoms with Crippen molar-refractivity contribution in [2.75, 3.05) is 11.5 Å². The summed E-state index contributed by atoms with van der Waals surface area (Å²) in [6.45, 7) is 5.53. The molecular weight excluding hydrogens is 266 g/mol. The minimum Gasteiger partial charge on any atom is -0.199 e. The van der Waals surface area contributed by atoms with Crippen LogP contribution in [-0.4, -0.2) is 26.1 Å². The summed E-state index contributed by atoms with van der Waals surface area (Å²) in [6, 6.07) is 6.68. The van der Waals surface area contributed by atoms with Crippen LogP contribution < -0.4 is 0 Å². The Morgan fingerprint density at radius 2 is 2.00 bits per heavy atom. The smallest absolute Gasteiger partial charge is 0.199 e. The van der Waals surface area contributed by atoms with E-state index in [0.717, 1.165) is 17.7 Å². The topological polar surface area (TPSA) is 46.5 Å². The molecule has 0 spiro atoms. The maximum atomic E-state index is 11.8. The van der Waals surface area contributed by atoms with Crippen molar-refractivity contribution in [3.05, 3.63) is 42.5 Å². The van der Waals surface area contributed by atoms with E-state index >= 15 is 0 Å². The van der Waals surface area contributed by atoms with Crippen LogP contribution in [0.5, 0.6) is 0 Å². The molecule has 0 aliphatic rings. The van der Waals surface area contributed by atoms with Gasteiger partial charge in [0.05, 0.1) is 4.90 Å². The normalized spacial score (nSPS) is 11.8. The van der Waals surface area contributed by atoms with Gasteiger partial charge in [0, 0.05) is 12.0 Å². The Morgan fingerprint density at radius 1 is 1.33 bits per heavy atom. The lowest BCUT2D eigenvalue weighted by Crippen LogP contribution is -1.98. The third-order valence-electron chi connectivity index (χ3n) is 2.19. The Bertz CT molecular complexity index is 504. The van der Waals surface area contributed by atoms with Crippen molar-refractivity contribution in [1.82, 2.24) is 0 Å². The molecule has 98 valence electrons. The van der Waals surface area contributed by atoms with Gasteiger partial charge in [-0.15, -0.1) is 6.58 Å². The number of rotatable bonds is 7. The van der Waals surface area contributed by atoms with Crippen molar-refractivity contribution in [2.45, 2.75) is 18.2 Å². The molecule has 0 atom stereocenters. The maximum absolute atomic E-state index is 11.8. The molecule has 0 bridgehead atoms. The molecule has 0 N–H and O–H groups in total. The second kappa shape index (κ2) is 7.38. The van der Waals surface area contributed by atoms with Crippen molar-refractivity contribution in [1.29, 1.82) is 0 Å². The predicted molar refractivity (Wildman–Crippen MR) is 79.0 cm³/mol. The lowest BCUT2D eigenvalue weighted by Gasteiger charge is -1.99. The molecule has 0 saturated heterocycles. The first kappa shape index (κ1) is 15.0. The van der Waals surface area contributed by atoms with Crippen LogP contribution in [0.15, 0.2) is 46.2 Å². The van der Waals surface area contributed by atoms with Gasteiger partial charge in [0.1, 0.15) is 0 Å². The molecule has 1 aromatic rings. The Labute approximate surface area is 113 Å². The highest BCUT2D eigenvalue weighted by atomic mass is 32.2. The molecule has 1 aromatic carbocycles. The van der Waals surface area contributed by atoms with E-state index in [1.165, 1.54) is 6.21 Å². The molecule has 0 aliphatic heterocycles. The molecule has 3 nitrogen and oxygen atoms in total. The Balaban J connectivity index is 2.56. The van der Waals surface area contributed by atoms with Crippen LogP contribution in [0.1, 0.15) is 12.0 Å². The van der Waals surface area contributed by atoms with Crippen LogP contribution in [-0.2, 0) is 10.0 Å². The van der Waals surface area contributed by atoms with Gasteiger partial charge in [-0.25, -0.2) is 0 Å². The minimum absolute atomic E-state index is 0.237. The molecule has 0 unspecified atom stereocenters. The number of nitrogens with zero attached hydrogens (tertiary/aromatic N) is 1. The van der Waals surface area contributed by atoms with Crippen LogP contribution >= 0.6 is 11.8 Å². The fourth-order valence-electron chi connectivity index (χ4n) is 1.20. The summed E-state index contributed by atoms with van der Waals surface area (Å²) in [5.74, 6) is 1.53. The van der Waals surface area contributed by atoms with Gasteiger partial charge in [-0.2, -0.15) is 24.6 Å². The Kier molecular flexibility index (Phi) is 6.15. The molecule has 0 radical (unpaired) electrons. The number of thioether (sulfide) groups is 1. The van der Waals surface area contributed by atoms with E-state index in [1.54, 1.807) is 36.0 Å². The standard InChI is InChI=1S/C13H17NO2S2/c1-3-4-10-17-11-9-14-18(15,16)13-7-5-12(2)6-8-13/h3,5-9H,1,4,10-11H2,2H3. The first-order chi connectivity index (χ1) is 8.56. The lowest BCUT2D eigenvalue weighted by molar-refractivity contribution is 0.598. The summed E-state index contributed by atoms with van der Waals surface area (Å²) in [5, 5.41) is 0. The highest BCUT2D eigenvalue weighted by Gasteiger charge is 2.10. The van der Waals surface area contributed by atoms with Gasteiger partial charge in [-0.05, 0) is 31.2 Å². The fourth-order valence-corrected chi connectivity index (χ4v) is 2.85. The number of aryl methyl sites for hydroxylation is 1.